The summed E-state index contributed by atoms with van der Waals surface area (Å²) in [6, 6.07) is 6.38. The highest BCUT2D eigenvalue weighted by Gasteiger charge is 2.02. The first-order valence-corrected chi connectivity index (χ1v) is 5.96. The minimum atomic E-state index is -0.955. The Kier molecular flexibility index (Phi) is 6.38. The van der Waals surface area contributed by atoms with Crippen molar-refractivity contribution < 1.29 is 19.4 Å². The molecule has 6 heteroatoms. The van der Waals surface area contributed by atoms with Crippen molar-refractivity contribution in [3.63, 3.8) is 0 Å². The molecule has 0 aliphatic carbocycles. The van der Waals surface area contributed by atoms with Crippen LogP contribution in [0.4, 0.5) is 5.69 Å². The maximum Gasteiger partial charge on any atom is 0.335 e. The van der Waals surface area contributed by atoms with Crippen molar-refractivity contribution in [1.29, 1.82) is 0 Å². The van der Waals surface area contributed by atoms with Gasteiger partial charge < -0.3 is 20.5 Å². The first kappa shape index (κ1) is 15.0. The number of nitrogens with one attached hydrogen (secondary N) is 2. The van der Waals surface area contributed by atoms with Gasteiger partial charge in [0.05, 0.1) is 12.2 Å². The third-order valence-electron chi connectivity index (χ3n) is 2.44. The number of carboxylic acid groups (broad SMARTS) is 1. The molecule has 0 saturated carbocycles. The van der Waals surface area contributed by atoms with E-state index in [4.69, 9.17) is 9.84 Å². The normalized spacial score (nSPS) is 9.95. The van der Waals surface area contributed by atoms with Crippen molar-refractivity contribution in [2.24, 2.45) is 0 Å². The molecule has 19 heavy (non-hydrogen) atoms. The van der Waals surface area contributed by atoms with E-state index in [0.29, 0.717) is 26.1 Å². The second kappa shape index (κ2) is 8.10. The number of ether oxygens (including phenoxy) is 1. The van der Waals surface area contributed by atoms with Gasteiger partial charge in [-0.05, 0) is 24.3 Å². The molecule has 104 valence electrons. The van der Waals surface area contributed by atoms with Crippen LogP contribution in [0.1, 0.15) is 16.8 Å². The van der Waals surface area contributed by atoms with Gasteiger partial charge in [-0.25, -0.2) is 4.79 Å². The number of rotatable bonds is 8. The summed E-state index contributed by atoms with van der Waals surface area (Å²) in [5.74, 6) is -1.00. The first-order chi connectivity index (χ1) is 9.13. The lowest BCUT2D eigenvalue weighted by atomic mass is 10.2. The van der Waals surface area contributed by atoms with Crippen LogP contribution in [-0.4, -0.2) is 43.8 Å². The number of hydrogen-bond acceptors (Lipinski definition) is 4. The second-order valence-electron chi connectivity index (χ2n) is 3.90. The Balaban J connectivity index is 2.25. The Morgan fingerprint density at radius 2 is 1.89 bits per heavy atom. The number of methoxy groups -OCH3 is 1. The Morgan fingerprint density at radius 3 is 2.47 bits per heavy atom. The number of carbonyl (C=O) groups excluding carboxylic acids is 1. The predicted molar refractivity (Wildman–Crippen MR) is 71.4 cm³/mol. The highest BCUT2D eigenvalue weighted by Crippen LogP contribution is 2.09. The number of aromatic carboxylic acids is 1. The van der Waals surface area contributed by atoms with Crippen molar-refractivity contribution in [2.75, 3.05) is 32.1 Å². The van der Waals surface area contributed by atoms with Crippen molar-refractivity contribution in [3.05, 3.63) is 29.8 Å². The zero-order valence-electron chi connectivity index (χ0n) is 10.8. The monoisotopic (exact) mass is 266 g/mol. The summed E-state index contributed by atoms with van der Waals surface area (Å²) in [6.45, 7) is 1.49. The standard InChI is InChI=1S/C13H18N2O4/c1-19-9-8-15-12(16)6-7-14-11-4-2-10(3-5-11)13(17)18/h2-5,14H,6-9H2,1H3,(H,15,16)(H,17,18). The summed E-state index contributed by atoms with van der Waals surface area (Å²) in [6.07, 6.45) is 0.352. The lowest BCUT2D eigenvalue weighted by Crippen LogP contribution is -2.28. The van der Waals surface area contributed by atoms with Crippen LogP contribution in [0.2, 0.25) is 0 Å². The van der Waals surface area contributed by atoms with E-state index >= 15 is 0 Å². The molecule has 6 nitrogen and oxygen atoms in total. The van der Waals surface area contributed by atoms with Crippen LogP contribution in [0, 0.1) is 0 Å². The average Bonchev–Trinajstić information content (AvgIpc) is 2.39. The molecule has 0 heterocycles. The van der Waals surface area contributed by atoms with Crippen LogP contribution in [0.5, 0.6) is 0 Å². The van der Waals surface area contributed by atoms with Gasteiger partial charge >= 0.3 is 5.97 Å². The highest BCUT2D eigenvalue weighted by molar-refractivity contribution is 5.88. The molecule has 1 rings (SSSR count). The molecule has 3 N–H and O–H groups in total. The van der Waals surface area contributed by atoms with Crippen LogP contribution in [-0.2, 0) is 9.53 Å². The smallest absolute Gasteiger partial charge is 0.335 e. The zero-order chi connectivity index (χ0) is 14.1. The average molecular weight is 266 g/mol. The number of carbonyl (C=O) groups is 2. The molecule has 0 radical (unpaired) electrons. The van der Waals surface area contributed by atoms with Crippen molar-refractivity contribution in [2.45, 2.75) is 6.42 Å². The number of amides is 1. The maximum atomic E-state index is 11.4. The SMILES string of the molecule is COCCNC(=O)CCNc1ccc(C(=O)O)cc1. The van der Waals surface area contributed by atoms with E-state index in [0.717, 1.165) is 5.69 Å². The third-order valence-corrected chi connectivity index (χ3v) is 2.44. The van der Waals surface area contributed by atoms with Gasteiger partial charge in [-0.3, -0.25) is 4.79 Å². The van der Waals surface area contributed by atoms with Crippen LogP contribution < -0.4 is 10.6 Å². The van der Waals surface area contributed by atoms with Gasteiger partial charge in [-0.15, -0.1) is 0 Å². The Hall–Kier alpha value is -2.08. The van der Waals surface area contributed by atoms with E-state index in [9.17, 15) is 9.59 Å². The molecule has 0 spiro atoms. The van der Waals surface area contributed by atoms with E-state index in [1.807, 2.05) is 0 Å². The van der Waals surface area contributed by atoms with Gasteiger partial charge in [0.25, 0.3) is 0 Å². The first-order valence-electron chi connectivity index (χ1n) is 5.96. The molecule has 0 fully saturated rings. The van der Waals surface area contributed by atoms with Gasteiger partial charge in [-0.1, -0.05) is 0 Å². The van der Waals surface area contributed by atoms with Gasteiger partial charge in [0.15, 0.2) is 0 Å². The molecule has 1 amide bonds. The minimum Gasteiger partial charge on any atom is -0.478 e. The van der Waals surface area contributed by atoms with Crippen molar-refractivity contribution in [1.82, 2.24) is 5.32 Å². The molecule has 0 aliphatic rings. The lowest BCUT2D eigenvalue weighted by molar-refractivity contribution is -0.121. The summed E-state index contributed by atoms with van der Waals surface area (Å²) in [5.41, 5.74) is 1.03. The molecule has 0 atom stereocenters. The quantitative estimate of drug-likeness (QED) is 0.610. The topological polar surface area (TPSA) is 87.7 Å². The molecule has 0 saturated heterocycles. The molecule has 1 aromatic carbocycles. The molecule has 0 aromatic heterocycles. The maximum absolute atomic E-state index is 11.4. The summed E-state index contributed by atoms with van der Waals surface area (Å²) in [7, 11) is 1.58. The van der Waals surface area contributed by atoms with Gasteiger partial charge in [-0.2, -0.15) is 0 Å². The number of hydrogen-bond donors (Lipinski definition) is 3. The Bertz CT molecular complexity index is 417. The fourth-order valence-electron chi connectivity index (χ4n) is 1.43. The molecule has 0 aliphatic heterocycles. The predicted octanol–water partition coefficient (Wildman–Crippen LogP) is 0.949. The van der Waals surface area contributed by atoms with E-state index in [1.54, 1.807) is 19.2 Å². The van der Waals surface area contributed by atoms with E-state index in [-0.39, 0.29) is 11.5 Å². The number of anilines is 1. The summed E-state index contributed by atoms with van der Waals surface area (Å²) >= 11 is 0. The van der Waals surface area contributed by atoms with Gasteiger partial charge in [0, 0.05) is 32.3 Å². The lowest BCUT2D eigenvalue weighted by Gasteiger charge is -2.07. The highest BCUT2D eigenvalue weighted by atomic mass is 16.5. The zero-order valence-corrected chi connectivity index (χ0v) is 10.8. The fraction of sp³-hybridized carbons (Fsp3) is 0.385. The largest absolute Gasteiger partial charge is 0.478 e. The molecule has 0 unspecified atom stereocenters. The van der Waals surface area contributed by atoms with E-state index < -0.39 is 5.97 Å². The molecular formula is C13H18N2O4. The second-order valence-corrected chi connectivity index (χ2v) is 3.90. The number of carboxylic acids is 1. The van der Waals surface area contributed by atoms with Crippen LogP contribution in [0.25, 0.3) is 0 Å². The third kappa shape index (κ3) is 5.87. The Morgan fingerprint density at radius 1 is 1.21 bits per heavy atom. The van der Waals surface area contributed by atoms with Crippen LogP contribution in [0.3, 0.4) is 0 Å². The minimum absolute atomic E-state index is 0.0493. The van der Waals surface area contributed by atoms with Gasteiger partial charge in [0.2, 0.25) is 5.91 Å². The fourth-order valence-corrected chi connectivity index (χ4v) is 1.43. The van der Waals surface area contributed by atoms with E-state index in [2.05, 4.69) is 10.6 Å². The van der Waals surface area contributed by atoms with Crippen molar-refractivity contribution in [3.8, 4) is 0 Å². The molecule has 0 bridgehead atoms. The summed E-state index contributed by atoms with van der Waals surface area (Å²) in [5, 5.41) is 14.5. The van der Waals surface area contributed by atoms with Crippen LogP contribution in [0.15, 0.2) is 24.3 Å². The van der Waals surface area contributed by atoms with E-state index in [1.165, 1.54) is 12.1 Å². The summed E-state index contributed by atoms with van der Waals surface area (Å²) < 4.78 is 4.82. The van der Waals surface area contributed by atoms with Crippen LogP contribution >= 0.6 is 0 Å². The van der Waals surface area contributed by atoms with Crippen molar-refractivity contribution >= 4 is 17.6 Å². The summed E-state index contributed by atoms with van der Waals surface area (Å²) in [4.78, 5) is 22.0. The number of benzene rings is 1. The molecular weight excluding hydrogens is 248 g/mol. The Labute approximate surface area is 111 Å². The van der Waals surface area contributed by atoms with Gasteiger partial charge in [0.1, 0.15) is 0 Å². The molecule has 1 aromatic rings.